The summed E-state index contributed by atoms with van der Waals surface area (Å²) in [6, 6.07) is 0. The third kappa shape index (κ3) is 3.93. The zero-order valence-electron chi connectivity index (χ0n) is 10.2. The summed E-state index contributed by atoms with van der Waals surface area (Å²) in [4.78, 5) is 0. The molecule has 0 unspecified atom stereocenters. The molecule has 0 aromatic carbocycles. The molecule has 0 spiro atoms. The molecule has 0 amide bonds. The van der Waals surface area contributed by atoms with E-state index < -0.39 is 0 Å². The van der Waals surface area contributed by atoms with Crippen LogP contribution in [0.5, 0.6) is 0 Å². The first-order chi connectivity index (χ1) is 5.95. The lowest BCUT2D eigenvalue weighted by Crippen LogP contribution is -2.29. The Bertz CT molecular complexity index is 116. The van der Waals surface area contributed by atoms with Gasteiger partial charge in [-0.2, -0.15) is 0 Å². The van der Waals surface area contributed by atoms with Crippen LogP contribution in [0.25, 0.3) is 0 Å². The van der Waals surface area contributed by atoms with Gasteiger partial charge in [0.15, 0.2) is 0 Å². The number of thioether (sulfide) groups is 1. The van der Waals surface area contributed by atoms with Crippen LogP contribution >= 0.6 is 11.8 Å². The van der Waals surface area contributed by atoms with Gasteiger partial charge in [-0.3, -0.25) is 0 Å². The van der Waals surface area contributed by atoms with Crippen molar-refractivity contribution in [1.29, 1.82) is 0 Å². The molecule has 0 N–H and O–H groups in total. The van der Waals surface area contributed by atoms with Crippen molar-refractivity contribution in [1.82, 2.24) is 0 Å². The fraction of sp³-hybridized carbons (Fsp3) is 1.00. The van der Waals surface area contributed by atoms with Gasteiger partial charge in [0.2, 0.25) is 0 Å². The van der Waals surface area contributed by atoms with Crippen molar-refractivity contribution in [2.24, 2.45) is 0 Å². The van der Waals surface area contributed by atoms with Crippen LogP contribution in [0.4, 0.5) is 0 Å². The number of rotatable bonds is 6. The molecule has 0 rings (SSSR count). The number of hydrogen-bond acceptors (Lipinski definition) is 1. The van der Waals surface area contributed by atoms with Crippen molar-refractivity contribution >= 4 is 11.8 Å². The molecule has 0 heterocycles. The van der Waals surface area contributed by atoms with Crippen LogP contribution in [-0.4, -0.2) is 9.49 Å². The molecule has 13 heavy (non-hydrogen) atoms. The fourth-order valence-electron chi connectivity index (χ4n) is 1.38. The minimum atomic E-state index is 0.487. The van der Waals surface area contributed by atoms with Crippen LogP contribution in [-0.2, 0) is 0 Å². The standard InChI is InChI=1S/C12H26S/c1-7-11(5,8-2)13-12(6,9-3)10-4/h7-10H2,1-6H3. The summed E-state index contributed by atoms with van der Waals surface area (Å²) < 4.78 is 0.974. The van der Waals surface area contributed by atoms with Gasteiger partial charge >= 0.3 is 0 Å². The van der Waals surface area contributed by atoms with Crippen molar-refractivity contribution in [3.63, 3.8) is 0 Å². The first-order valence-corrected chi connectivity index (χ1v) is 6.47. The van der Waals surface area contributed by atoms with E-state index >= 15 is 0 Å². The maximum atomic E-state index is 2.40. The van der Waals surface area contributed by atoms with Crippen molar-refractivity contribution in [2.45, 2.75) is 76.7 Å². The third-order valence-electron chi connectivity index (χ3n) is 3.48. The first kappa shape index (κ1) is 13.4. The topological polar surface area (TPSA) is 0 Å². The Morgan fingerprint density at radius 3 is 1.08 bits per heavy atom. The van der Waals surface area contributed by atoms with Gasteiger partial charge in [0.25, 0.3) is 0 Å². The van der Waals surface area contributed by atoms with Crippen molar-refractivity contribution in [3.8, 4) is 0 Å². The molecule has 0 radical (unpaired) electrons. The second-order valence-electron chi connectivity index (χ2n) is 4.42. The van der Waals surface area contributed by atoms with Gasteiger partial charge < -0.3 is 0 Å². The van der Waals surface area contributed by atoms with Crippen molar-refractivity contribution in [2.75, 3.05) is 0 Å². The Kier molecular flexibility index (Phi) is 5.43. The van der Waals surface area contributed by atoms with E-state index in [9.17, 15) is 0 Å². The molecular formula is C12H26S. The van der Waals surface area contributed by atoms with Gasteiger partial charge in [0, 0.05) is 9.49 Å². The Morgan fingerprint density at radius 1 is 0.692 bits per heavy atom. The van der Waals surface area contributed by atoms with E-state index in [4.69, 9.17) is 0 Å². The Morgan fingerprint density at radius 2 is 0.923 bits per heavy atom. The summed E-state index contributed by atoms with van der Waals surface area (Å²) in [5.74, 6) is 0. The molecule has 0 atom stereocenters. The largest absolute Gasteiger partial charge is 0.149 e. The lowest BCUT2D eigenvalue weighted by atomic mass is 10.0. The molecule has 0 aliphatic heterocycles. The molecule has 0 aromatic rings. The second-order valence-corrected chi connectivity index (χ2v) is 6.59. The zero-order valence-corrected chi connectivity index (χ0v) is 11.1. The monoisotopic (exact) mass is 202 g/mol. The molecule has 0 aromatic heterocycles. The Hall–Kier alpha value is 0.350. The smallest absolute Gasteiger partial charge is 0.0132 e. The zero-order chi connectivity index (χ0) is 10.5. The van der Waals surface area contributed by atoms with Crippen LogP contribution in [0.3, 0.4) is 0 Å². The normalized spacial score (nSPS) is 13.4. The minimum absolute atomic E-state index is 0.487. The summed E-state index contributed by atoms with van der Waals surface area (Å²) in [5, 5.41) is 0. The number of hydrogen-bond donors (Lipinski definition) is 0. The lowest BCUT2D eigenvalue weighted by molar-refractivity contribution is 0.550. The van der Waals surface area contributed by atoms with Crippen molar-refractivity contribution < 1.29 is 0 Å². The van der Waals surface area contributed by atoms with Gasteiger partial charge in [-0.25, -0.2) is 0 Å². The van der Waals surface area contributed by atoms with Gasteiger partial charge in [0.05, 0.1) is 0 Å². The highest BCUT2D eigenvalue weighted by Gasteiger charge is 2.31. The van der Waals surface area contributed by atoms with E-state index in [2.05, 4.69) is 53.3 Å². The quantitative estimate of drug-likeness (QED) is 0.591. The van der Waals surface area contributed by atoms with E-state index in [1.54, 1.807) is 0 Å². The third-order valence-corrected chi connectivity index (χ3v) is 5.62. The highest BCUT2D eigenvalue weighted by atomic mass is 32.2. The Labute approximate surface area is 88.9 Å². The first-order valence-electron chi connectivity index (χ1n) is 5.65. The summed E-state index contributed by atoms with van der Waals surface area (Å²) in [5.41, 5.74) is 0. The SMILES string of the molecule is CCC(C)(CC)SC(C)(CC)CC. The molecule has 80 valence electrons. The predicted octanol–water partition coefficient (Wildman–Crippen LogP) is 4.88. The summed E-state index contributed by atoms with van der Waals surface area (Å²) >= 11 is 2.19. The van der Waals surface area contributed by atoms with Crippen LogP contribution in [0.1, 0.15) is 67.2 Å². The maximum Gasteiger partial charge on any atom is 0.0132 e. The minimum Gasteiger partial charge on any atom is -0.149 e. The van der Waals surface area contributed by atoms with E-state index in [-0.39, 0.29) is 0 Å². The highest BCUT2D eigenvalue weighted by molar-refractivity contribution is 8.01. The van der Waals surface area contributed by atoms with E-state index in [1.165, 1.54) is 25.7 Å². The fourth-order valence-corrected chi connectivity index (χ4v) is 3.15. The molecule has 0 bridgehead atoms. The van der Waals surface area contributed by atoms with Gasteiger partial charge in [-0.05, 0) is 25.7 Å². The molecule has 0 nitrogen and oxygen atoms in total. The van der Waals surface area contributed by atoms with Gasteiger partial charge in [0.1, 0.15) is 0 Å². The average Bonchev–Trinajstić information content (AvgIpc) is 2.17. The molecule has 0 aliphatic rings. The molecule has 0 saturated carbocycles. The van der Waals surface area contributed by atoms with Gasteiger partial charge in [-0.15, -0.1) is 11.8 Å². The second kappa shape index (κ2) is 5.29. The average molecular weight is 202 g/mol. The maximum absolute atomic E-state index is 2.40. The molecule has 1 heteroatoms. The predicted molar refractivity (Wildman–Crippen MR) is 65.6 cm³/mol. The highest BCUT2D eigenvalue weighted by Crippen LogP contribution is 2.44. The van der Waals surface area contributed by atoms with E-state index in [0.717, 1.165) is 0 Å². The van der Waals surface area contributed by atoms with Crippen LogP contribution in [0.15, 0.2) is 0 Å². The van der Waals surface area contributed by atoms with Gasteiger partial charge in [-0.1, -0.05) is 41.5 Å². The molecule has 0 fully saturated rings. The van der Waals surface area contributed by atoms with Crippen LogP contribution in [0, 0.1) is 0 Å². The summed E-state index contributed by atoms with van der Waals surface area (Å²) in [6.45, 7) is 14.0. The molecule has 0 saturated heterocycles. The lowest BCUT2D eigenvalue weighted by Gasteiger charge is -2.37. The molecular weight excluding hydrogens is 176 g/mol. The Balaban J connectivity index is 4.36. The summed E-state index contributed by atoms with van der Waals surface area (Å²) in [6.07, 6.45) is 5.13. The van der Waals surface area contributed by atoms with Crippen LogP contribution in [0.2, 0.25) is 0 Å². The van der Waals surface area contributed by atoms with Crippen LogP contribution < -0.4 is 0 Å². The van der Waals surface area contributed by atoms with Crippen molar-refractivity contribution in [3.05, 3.63) is 0 Å². The molecule has 0 aliphatic carbocycles. The summed E-state index contributed by atoms with van der Waals surface area (Å²) in [7, 11) is 0. The van der Waals surface area contributed by atoms with E-state index in [1.807, 2.05) is 0 Å². The van der Waals surface area contributed by atoms with E-state index in [0.29, 0.717) is 9.49 Å².